The summed E-state index contributed by atoms with van der Waals surface area (Å²) in [6, 6.07) is 13.5. The molecule has 4 nitrogen and oxygen atoms in total. The normalized spacial score (nSPS) is 11.9. The van der Waals surface area contributed by atoms with Gasteiger partial charge < -0.3 is 10.1 Å². The molecule has 0 aliphatic heterocycles. The lowest BCUT2D eigenvalue weighted by atomic mass is 10.1. The fraction of sp³-hybridized carbons (Fsp3) is 0.273. The Hall–Kier alpha value is -2.37. The summed E-state index contributed by atoms with van der Waals surface area (Å²) in [5, 5.41) is 6.60. The van der Waals surface area contributed by atoms with E-state index in [2.05, 4.69) is 10.3 Å². The van der Waals surface area contributed by atoms with Gasteiger partial charge in [0, 0.05) is 28.9 Å². The molecule has 0 bridgehead atoms. The van der Waals surface area contributed by atoms with Crippen LogP contribution in [0.3, 0.4) is 0 Å². The molecule has 1 unspecified atom stereocenters. The number of nitrogens with zero attached hydrogens (tertiary/aromatic N) is 1. The molecule has 1 atom stereocenters. The summed E-state index contributed by atoms with van der Waals surface area (Å²) in [5.74, 6) is 0.615. The number of hydrogen-bond donors (Lipinski definition) is 1. The lowest BCUT2D eigenvalue weighted by Gasteiger charge is -2.17. The molecule has 1 heterocycles. The van der Waals surface area contributed by atoms with E-state index in [1.165, 1.54) is 0 Å². The third kappa shape index (κ3) is 5.12. The fourth-order valence-corrected chi connectivity index (χ4v) is 3.69. The highest BCUT2D eigenvalue weighted by Gasteiger charge is 2.16. The Morgan fingerprint density at radius 1 is 1.21 bits per heavy atom. The molecule has 1 aromatic heterocycles. The van der Waals surface area contributed by atoms with Gasteiger partial charge in [-0.3, -0.25) is 4.79 Å². The first-order valence-corrected chi connectivity index (χ1v) is 10.4. The lowest BCUT2D eigenvalue weighted by molar-refractivity contribution is -0.127. The van der Waals surface area contributed by atoms with E-state index in [1.54, 1.807) is 18.3 Å². The molecule has 28 heavy (non-hydrogen) atoms. The van der Waals surface area contributed by atoms with Crippen LogP contribution in [-0.4, -0.2) is 23.5 Å². The van der Waals surface area contributed by atoms with Crippen molar-refractivity contribution in [3.8, 4) is 16.3 Å². The number of aryl methyl sites for hydroxylation is 1. The van der Waals surface area contributed by atoms with E-state index >= 15 is 0 Å². The number of carbonyl (C=O) groups excluding carboxylic acids is 1. The molecule has 3 rings (SSSR count). The van der Waals surface area contributed by atoms with Crippen LogP contribution in [0.4, 0.5) is 0 Å². The van der Waals surface area contributed by atoms with E-state index in [0.29, 0.717) is 18.0 Å². The number of benzene rings is 2. The number of thiazole rings is 1. The smallest absolute Gasteiger partial charge is 0.260 e. The zero-order chi connectivity index (χ0) is 20.1. The van der Waals surface area contributed by atoms with Crippen LogP contribution >= 0.6 is 22.9 Å². The zero-order valence-electron chi connectivity index (χ0n) is 16.2. The minimum absolute atomic E-state index is 0.130. The van der Waals surface area contributed by atoms with Crippen molar-refractivity contribution in [2.24, 2.45) is 0 Å². The van der Waals surface area contributed by atoms with Gasteiger partial charge in [0.15, 0.2) is 6.10 Å². The SMILES string of the molecule is Cc1cccc(OC(C)C(=O)NCCc2csc(-c3ccc(Cl)cc3)n2)c1C. The molecule has 1 N–H and O–H groups in total. The van der Waals surface area contributed by atoms with E-state index in [1.807, 2.05) is 61.7 Å². The second kappa shape index (κ2) is 9.22. The monoisotopic (exact) mass is 414 g/mol. The molecule has 0 aliphatic rings. The van der Waals surface area contributed by atoms with Crippen molar-refractivity contribution >= 4 is 28.8 Å². The molecule has 6 heteroatoms. The molecule has 0 aliphatic carbocycles. The Kier molecular flexibility index (Phi) is 6.70. The molecule has 0 saturated heterocycles. The van der Waals surface area contributed by atoms with Crippen LogP contribution in [0.2, 0.25) is 5.02 Å². The minimum Gasteiger partial charge on any atom is -0.481 e. The first-order valence-electron chi connectivity index (χ1n) is 9.15. The summed E-state index contributed by atoms with van der Waals surface area (Å²) in [4.78, 5) is 17.0. The standard InChI is InChI=1S/C22H23ClN2O2S/c1-14-5-4-6-20(15(14)2)27-16(3)21(26)24-12-11-19-13-28-22(25-19)17-7-9-18(23)10-8-17/h4-10,13,16H,11-12H2,1-3H3,(H,24,26). The summed E-state index contributed by atoms with van der Waals surface area (Å²) in [6.45, 7) is 6.30. The average Bonchev–Trinajstić information content (AvgIpc) is 3.14. The molecular weight excluding hydrogens is 392 g/mol. The summed E-state index contributed by atoms with van der Waals surface area (Å²) >= 11 is 7.51. The molecule has 3 aromatic rings. The van der Waals surface area contributed by atoms with Crippen molar-refractivity contribution in [2.45, 2.75) is 33.3 Å². The number of hydrogen-bond acceptors (Lipinski definition) is 4. The van der Waals surface area contributed by atoms with Gasteiger partial charge in [0.25, 0.3) is 5.91 Å². The number of rotatable bonds is 7. The Bertz CT molecular complexity index is 953. The van der Waals surface area contributed by atoms with E-state index < -0.39 is 6.10 Å². The molecule has 2 aromatic carbocycles. The lowest BCUT2D eigenvalue weighted by Crippen LogP contribution is -2.37. The highest BCUT2D eigenvalue weighted by molar-refractivity contribution is 7.13. The van der Waals surface area contributed by atoms with E-state index in [4.69, 9.17) is 16.3 Å². The van der Waals surface area contributed by atoms with Crippen molar-refractivity contribution < 1.29 is 9.53 Å². The van der Waals surface area contributed by atoms with E-state index in [9.17, 15) is 4.79 Å². The zero-order valence-corrected chi connectivity index (χ0v) is 17.7. The highest BCUT2D eigenvalue weighted by atomic mass is 35.5. The van der Waals surface area contributed by atoms with Crippen LogP contribution in [0.5, 0.6) is 5.75 Å². The molecule has 1 amide bonds. The van der Waals surface area contributed by atoms with Gasteiger partial charge in [-0.2, -0.15) is 0 Å². The van der Waals surface area contributed by atoms with Crippen molar-refractivity contribution in [3.05, 3.63) is 69.7 Å². The van der Waals surface area contributed by atoms with Crippen LogP contribution < -0.4 is 10.1 Å². The van der Waals surface area contributed by atoms with Gasteiger partial charge in [0.2, 0.25) is 0 Å². The number of aromatic nitrogens is 1. The molecular formula is C22H23ClN2O2S. The largest absolute Gasteiger partial charge is 0.481 e. The van der Waals surface area contributed by atoms with Gasteiger partial charge in [-0.15, -0.1) is 11.3 Å². The molecule has 0 fully saturated rings. The Labute approximate surface area is 174 Å². The van der Waals surface area contributed by atoms with E-state index in [-0.39, 0.29) is 5.91 Å². The Morgan fingerprint density at radius 3 is 2.71 bits per heavy atom. The predicted molar refractivity (Wildman–Crippen MR) is 115 cm³/mol. The van der Waals surface area contributed by atoms with Crippen LogP contribution in [0.25, 0.3) is 10.6 Å². The number of ether oxygens (including phenoxy) is 1. The topological polar surface area (TPSA) is 51.2 Å². The van der Waals surface area contributed by atoms with E-state index in [0.717, 1.165) is 33.1 Å². The van der Waals surface area contributed by atoms with Gasteiger partial charge in [0.05, 0.1) is 5.69 Å². The van der Waals surface area contributed by atoms with Gasteiger partial charge >= 0.3 is 0 Å². The third-order valence-electron chi connectivity index (χ3n) is 4.55. The molecule has 0 radical (unpaired) electrons. The molecule has 0 saturated carbocycles. The number of amides is 1. The van der Waals surface area contributed by atoms with Crippen molar-refractivity contribution in [2.75, 3.05) is 6.54 Å². The first kappa shape index (κ1) is 20.4. The number of carbonyl (C=O) groups is 1. The maximum absolute atomic E-state index is 12.3. The quantitative estimate of drug-likeness (QED) is 0.577. The maximum Gasteiger partial charge on any atom is 0.260 e. The average molecular weight is 415 g/mol. The summed E-state index contributed by atoms with van der Waals surface area (Å²) < 4.78 is 5.83. The van der Waals surface area contributed by atoms with Crippen molar-refractivity contribution in [3.63, 3.8) is 0 Å². The first-order chi connectivity index (χ1) is 13.4. The Balaban J connectivity index is 1.50. The second-order valence-electron chi connectivity index (χ2n) is 6.65. The van der Waals surface area contributed by atoms with Crippen LogP contribution in [-0.2, 0) is 11.2 Å². The highest BCUT2D eigenvalue weighted by Crippen LogP contribution is 2.25. The minimum atomic E-state index is -0.555. The molecule has 0 spiro atoms. The molecule has 146 valence electrons. The van der Waals surface area contributed by atoms with Gasteiger partial charge in [-0.1, -0.05) is 35.9 Å². The van der Waals surface area contributed by atoms with Crippen LogP contribution in [0.1, 0.15) is 23.7 Å². The predicted octanol–water partition coefficient (Wildman–Crippen LogP) is 5.21. The number of halogens is 1. The van der Waals surface area contributed by atoms with Gasteiger partial charge in [-0.05, 0) is 50.1 Å². The summed E-state index contributed by atoms with van der Waals surface area (Å²) in [7, 11) is 0. The van der Waals surface area contributed by atoms with Crippen LogP contribution in [0.15, 0.2) is 47.8 Å². The Morgan fingerprint density at radius 2 is 1.96 bits per heavy atom. The third-order valence-corrected chi connectivity index (χ3v) is 5.74. The second-order valence-corrected chi connectivity index (χ2v) is 7.94. The summed E-state index contributed by atoms with van der Waals surface area (Å²) in [6.07, 6.45) is 0.118. The van der Waals surface area contributed by atoms with Crippen LogP contribution in [0, 0.1) is 13.8 Å². The maximum atomic E-state index is 12.3. The van der Waals surface area contributed by atoms with Gasteiger partial charge in [0.1, 0.15) is 10.8 Å². The van der Waals surface area contributed by atoms with Crippen molar-refractivity contribution in [1.29, 1.82) is 0 Å². The summed E-state index contributed by atoms with van der Waals surface area (Å²) in [5.41, 5.74) is 4.20. The van der Waals surface area contributed by atoms with Crippen molar-refractivity contribution in [1.82, 2.24) is 10.3 Å². The fourth-order valence-electron chi connectivity index (χ4n) is 2.70. The number of nitrogens with one attached hydrogen (secondary N) is 1. The van der Waals surface area contributed by atoms with Gasteiger partial charge in [-0.25, -0.2) is 4.98 Å².